The lowest BCUT2D eigenvalue weighted by molar-refractivity contribution is 0.0746. The van der Waals surface area contributed by atoms with Crippen molar-refractivity contribution in [3.63, 3.8) is 0 Å². The fourth-order valence-electron chi connectivity index (χ4n) is 3.54. The number of fused-ring (bicyclic) bond motifs is 1. The van der Waals surface area contributed by atoms with E-state index >= 15 is 0 Å². The summed E-state index contributed by atoms with van der Waals surface area (Å²) in [5.41, 5.74) is 0.829. The molecule has 0 radical (unpaired) electrons. The number of piperazine rings is 1. The van der Waals surface area contributed by atoms with E-state index in [1.165, 1.54) is 33.8 Å². The Morgan fingerprint density at radius 3 is 2.34 bits per heavy atom. The predicted octanol–water partition coefficient (Wildman–Crippen LogP) is 3.43. The quantitative estimate of drug-likeness (QED) is 0.564. The first kappa shape index (κ1) is 22.6. The van der Waals surface area contributed by atoms with E-state index in [9.17, 15) is 17.6 Å². The van der Waals surface area contributed by atoms with Crippen LogP contribution in [0.2, 0.25) is 0 Å². The van der Waals surface area contributed by atoms with E-state index in [0.717, 1.165) is 9.83 Å². The van der Waals surface area contributed by atoms with Crippen LogP contribution in [0.15, 0.2) is 47.4 Å². The molecule has 3 aromatic rings. The van der Waals surface area contributed by atoms with Gasteiger partial charge in [-0.3, -0.25) is 4.79 Å². The van der Waals surface area contributed by atoms with Gasteiger partial charge in [0.2, 0.25) is 10.0 Å². The molecule has 1 aliphatic heterocycles. The second-order valence-electron chi connectivity index (χ2n) is 8.00. The fourth-order valence-corrected chi connectivity index (χ4v) is 5.93. The summed E-state index contributed by atoms with van der Waals surface area (Å²) in [5, 5.41) is 0.751. The molecule has 0 aliphatic carbocycles. The monoisotopic (exact) mass is 476 g/mol. The molecule has 1 fully saturated rings. The van der Waals surface area contributed by atoms with Crippen molar-refractivity contribution < 1.29 is 17.6 Å². The Morgan fingerprint density at radius 2 is 1.75 bits per heavy atom. The Labute approximate surface area is 191 Å². The maximum Gasteiger partial charge on any atom is 0.253 e. The second kappa shape index (κ2) is 8.76. The van der Waals surface area contributed by atoms with Gasteiger partial charge in [0.1, 0.15) is 11.3 Å². The minimum absolute atomic E-state index is 0.138. The molecule has 0 bridgehead atoms. The van der Waals surface area contributed by atoms with Crippen LogP contribution in [-0.2, 0) is 10.0 Å². The number of aromatic nitrogens is 1. The molecule has 7 nitrogen and oxygen atoms in total. The van der Waals surface area contributed by atoms with Crippen molar-refractivity contribution in [2.24, 2.45) is 0 Å². The molecule has 0 saturated carbocycles. The first-order chi connectivity index (χ1) is 15.2. The molecule has 0 spiro atoms. The Morgan fingerprint density at radius 1 is 1.09 bits per heavy atom. The number of halogens is 1. The zero-order chi connectivity index (χ0) is 23.0. The van der Waals surface area contributed by atoms with Crippen molar-refractivity contribution in [2.45, 2.75) is 24.8 Å². The molecule has 2 aromatic carbocycles. The highest BCUT2D eigenvalue weighted by Gasteiger charge is 2.26. The number of rotatable bonds is 5. The largest absolute Gasteiger partial charge is 0.345 e. The molecule has 4 rings (SSSR count). The lowest BCUT2D eigenvalue weighted by atomic mass is 10.2. The van der Waals surface area contributed by atoms with E-state index in [4.69, 9.17) is 0 Å². The third-order valence-corrected chi connectivity index (χ3v) is 8.83. The van der Waals surface area contributed by atoms with Crippen molar-refractivity contribution in [1.29, 1.82) is 0 Å². The number of benzene rings is 2. The highest BCUT2D eigenvalue weighted by molar-refractivity contribution is 7.89. The van der Waals surface area contributed by atoms with Gasteiger partial charge >= 0.3 is 0 Å². The first-order valence-corrected chi connectivity index (χ1v) is 12.6. The Kier molecular flexibility index (Phi) is 6.19. The number of carbonyl (C=O) groups is 1. The smallest absolute Gasteiger partial charge is 0.253 e. The molecule has 1 aromatic heterocycles. The first-order valence-electron chi connectivity index (χ1n) is 10.4. The van der Waals surface area contributed by atoms with E-state index in [2.05, 4.69) is 9.88 Å². The van der Waals surface area contributed by atoms with Crippen molar-refractivity contribution in [1.82, 2.24) is 14.2 Å². The summed E-state index contributed by atoms with van der Waals surface area (Å²) in [6.07, 6.45) is 0. The standard InChI is InChI=1S/C22H25FN4O3S2/c1-15(2)25(3)32(29,30)17-9-7-16(8-10-17)21(28)26-11-13-27(14-12-26)22-24-20-18(23)5-4-6-19(20)31-22/h4-10,15H,11-14H2,1-3H3. The summed E-state index contributed by atoms with van der Waals surface area (Å²) >= 11 is 1.44. The molecule has 0 unspecified atom stereocenters. The van der Waals surface area contributed by atoms with Gasteiger partial charge in [-0.2, -0.15) is 4.31 Å². The van der Waals surface area contributed by atoms with Gasteiger partial charge in [0.05, 0.1) is 9.60 Å². The van der Waals surface area contributed by atoms with Crippen molar-refractivity contribution in [3.8, 4) is 0 Å². The third kappa shape index (κ3) is 4.22. The number of hydrogen-bond acceptors (Lipinski definition) is 6. The molecule has 2 heterocycles. The maximum absolute atomic E-state index is 13.9. The van der Waals surface area contributed by atoms with Gasteiger partial charge in [0.25, 0.3) is 5.91 Å². The van der Waals surface area contributed by atoms with Crippen molar-refractivity contribution in [2.75, 3.05) is 38.1 Å². The van der Waals surface area contributed by atoms with Crippen molar-refractivity contribution in [3.05, 3.63) is 53.8 Å². The summed E-state index contributed by atoms with van der Waals surface area (Å²) < 4.78 is 41.3. The minimum Gasteiger partial charge on any atom is -0.345 e. The SMILES string of the molecule is CC(C)N(C)S(=O)(=O)c1ccc(C(=O)N2CCN(c3nc4c(F)cccc4s3)CC2)cc1. The topological polar surface area (TPSA) is 73.8 Å². The van der Waals surface area contributed by atoms with E-state index in [1.54, 1.807) is 44.0 Å². The molecular weight excluding hydrogens is 451 g/mol. The number of carbonyl (C=O) groups excluding carboxylic acids is 1. The lowest BCUT2D eigenvalue weighted by Crippen LogP contribution is -2.48. The zero-order valence-electron chi connectivity index (χ0n) is 18.2. The summed E-state index contributed by atoms with van der Waals surface area (Å²) in [4.78, 5) is 21.3. The van der Waals surface area contributed by atoms with E-state index in [1.807, 2.05) is 6.07 Å². The van der Waals surface area contributed by atoms with Crippen LogP contribution < -0.4 is 4.90 Å². The number of hydrogen-bond donors (Lipinski definition) is 0. The van der Waals surface area contributed by atoms with Crippen LogP contribution >= 0.6 is 11.3 Å². The van der Waals surface area contributed by atoms with Gasteiger partial charge in [-0.1, -0.05) is 17.4 Å². The molecule has 1 amide bonds. The summed E-state index contributed by atoms with van der Waals surface area (Å²) in [5.74, 6) is -0.468. The highest BCUT2D eigenvalue weighted by atomic mass is 32.2. The summed E-state index contributed by atoms with van der Waals surface area (Å²) in [6, 6.07) is 10.8. The molecule has 1 saturated heterocycles. The number of amides is 1. The summed E-state index contributed by atoms with van der Waals surface area (Å²) in [6.45, 7) is 5.82. The van der Waals surface area contributed by atoms with Gasteiger partial charge in [-0.15, -0.1) is 0 Å². The van der Waals surface area contributed by atoms with Crippen LogP contribution in [-0.4, -0.2) is 67.8 Å². The van der Waals surface area contributed by atoms with Crippen LogP contribution in [0.1, 0.15) is 24.2 Å². The van der Waals surface area contributed by atoms with E-state index in [-0.39, 0.29) is 22.7 Å². The predicted molar refractivity (Wildman–Crippen MR) is 124 cm³/mol. The normalized spacial score (nSPS) is 15.2. The van der Waals surface area contributed by atoms with Gasteiger partial charge in [-0.05, 0) is 50.2 Å². The highest BCUT2D eigenvalue weighted by Crippen LogP contribution is 2.30. The molecule has 10 heteroatoms. The molecule has 0 atom stereocenters. The van der Waals surface area contributed by atoms with Crippen LogP contribution in [0.4, 0.5) is 9.52 Å². The Hall–Kier alpha value is -2.56. The lowest BCUT2D eigenvalue weighted by Gasteiger charge is -2.34. The van der Waals surface area contributed by atoms with Gasteiger partial charge in [0, 0.05) is 44.8 Å². The average Bonchev–Trinajstić information content (AvgIpc) is 3.24. The van der Waals surface area contributed by atoms with Crippen LogP contribution in [0.25, 0.3) is 10.2 Å². The zero-order valence-corrected chi connectivity index (χ0v) is 19.8. The average molecular weight is 477 g/mol. The number of thiazole rings is 1. The Balaban J connectivity index is 1.42. The third-order valence-electron chi connectivity index (χ3n) is 5.70. The van der Waals surface area contributed by atoms with Crippen LogP contribution in [0, 0.1) is 5.82 Å². The van der Waals surface area contributed by atoms with Gasteiger partial charge < -0.3 is 9.80 Å². The fraction of sp³-hybridized carbons (Fsp3) is 0.364. The maximum atomic E-state index is 13.9. The second-order valence-corrected chi connectivity index (χ2v) is 11.0. The number of sulfonamides is 1. The van der Waals surface area contributed by atoms with Crippen LogP contribution in [0.5, 0.6) is 0 Å². The minimum atomic E-state index is -3.59. The van der Waals surface area contributed by atoms with Crippen LogP contribution in [0.3, 0.4) is 0 Å². The molecule has 1 aliphatic rings. The van der Waals surface area contributed by atoms with E-state index in [0.29, 0.717) is 37.3 Å². The van der Waals surface area contributed by atoms with Crippen molar-refractivity contribution >= 4 is 42.6 Å². The van der Waals surface area contributed by atoms with E-state index < -0.39 is 10.0 Å². The van der Waals surface area contributed by atoms with Gasteiger partial charge in [0.15, 0.2) is 5.13 Å². The molecular formula is C22H25FN4O3S2. The van der Waals surface area contributed by atoms with Gasteiger partial charge in [-0.25, -0.2) is 17.8 Å². The number of para-hydroxylation sites is 1. The Bertz CT molecular complexity index is 1230. The molecule has 32 heavy (non-hydrogen) atoms. The summed E-state index contributed by atoms with van der Waals surface area (Å²) in [7, 11) is -2.05. The number of anilines is 1. The molecule has 170 valence electrons. The number of nitrogens with zero attached hydrogens (tertiary/aromatic N) is 4. The molecule has 0 N–H and O–H groups in total.